The van der Waals surface area contributed by atoms with Crippen molar-refractivity contribution in [3.05, 3.63) is 47.4 Å². The highest BCUT2D eigenvalue weighted by Gasteiger charge is 2.23. The molecule has 0 fully saturated rings. The molecule has 0 aliphatic heterocycles. The Kier molecular flexibility index (Phi) is 6.96. The normalized spacial score (nSPS) is 11.9. The van der Waals surface area contributed by atoms with E-state index < -0.39 is 15.8 Å². The van der Waals surface area contributed by atoms with Gasteiger partial charge in [0.25, 0.3) is 0 Å². The standard InChI is InChI=1S/C18H19ClFN5O3S2/c1-3-24(4-2)30(27,28)13-6-8-16-22-23-18(25(16)10-13)29-11-17(26)21-12-5-7-15(20)14(19)9-12/h5-10H,3-4,11H2,1-2H3,(H,21,26). The SMILES string of the molecule is CCN(CC)S(=O)(=O)c1ccc2nnc(SCC(=O)Nc3ccc(F)c(Cl)c3)n2c1. The lowest BCUT2D eigenvalue weighted by molar-refractivity contribution is -0.113. The van der Waals surface area contributed by atoms with Crippen molar-refractivity contribution in [3.63, 3.8) is 0 Å². The highest BCUT2D eigenvalue weighted by molar-refractivity contribution is 7.99. The number of amides is 1. The minimum Gasteiger partial charge on any atom is -0.325 e. The van der Waals surface area contributed by atoms with Crippen molar-refractivity contribution in [2.24, 2.45) is 0 Å². The first kappa shape index (κ1) is 22.5. The fourth-order valence-electron chi connectivity index (χ4n) is 2.71. The largest absolute Gasteiger partial charge is 0.325 e. The molecule has 0 aliphatic carbocycles. The lowest BCUT2D eigenvalue weighted by Crippen LogP contribution is -2.30. The molecule has 2 aromatic heterocycles. The summed E-state index contributed by atoms with van der Waals surface area (Å²) in [4.78, 5) is 12.3. The first-order chi connectivity index (χ1) is 14.3. The molecule has 0 unspecified atom stereocenters. The van der Waals surface area contributed by atoms with E-state index in [1.165, 1.54) is 33.1 Å². The molecule has 3 rings (SSSR count). The fraction of sp³-hybridized carbons (Fsp3) is 0.278. The number of hydrogen-bond donors (Lipinski definition) is 1. The maximum absolute atomic E-state index is 13.2. The lowest BCUT2D eigenvalue weighted by Gasteiger charge is -2.18. The molecular weight excluding hydrogens is 453 g/mol. The number of benzene rings is 1. The van der Waals surface area contributed by atoms with E-state index in [9.17, 15) is 17.6 Å². The lowest BCUT2D eigenvalue weighted by atomic mass is 10.3. The summed E-state index contributed by atoms with van der Waals surface area (Å²) in [5.74, 6) is -0.941. The second kappa shape index (κ2) is 9.29. The van der Waals surface area contributed by atoms with Gasteiger partial charge in [0.2, 0.25) is 15.9 Å². The summed E-state index contributed by atoms with van der Waals surface area (Å²) in [7, 11) is -3.64. The number of sulfonamides is 1. The number of carbonyl (C=O) groups is 1. The van der Waals surface area contributed by atoms with Gasteiger partial charge in [0.05, 0.1) is 15.7 Å². The van der Waals surface area contributed by atoms with Crippen LogP contribution in [0, 0.1) is 5.82 Å². The van der Waals surface area contributed by atoms with Crippen LogP contribution >= 0.6 is 23.4 Å². The number of pyridine rings is 1. The molecule has 1 aromatic carbocycles. The molecular formula is C18H19ClFN5O3S2. The van der Waals surface area contributed by atoms with E-state index in [4.69, 9.17) is 11.6 Å². The van der Waals surface area contributed by atoms with Gasteiger partial charge in [-0.2, -0.15) is 4.31 Å². The fourth-order valence-corrected chi connectivity index (χ4v) is 5.07. The van der Waals surface area contributed by atoms with Crippen LogP contribution in [-0.2, 0) is 14.8 Å². The summed E-state index contributed by atoms with van der Waals surface area (Å²) < 4.78 is 41.6. The van der Waals surface area contributed by atoms with E-state index in [1.807, 2.05) is 0 Å². The van der Waals surface area contributed by atoms with Gasteiger partial charge >= 0.3 is 0 Å². The average molecular weight is 472 g/mol. The summed E-state index contributed by atoms with van der Waals surface area (Å²) >= 11 is 6.80. The van der Waals surface area contributed by atoms with Crippen molar-refractivity contribution in [1.82, 2.24) is 18.9 Å². The summed E-state index contributed by atoms with van der Waals surface area (Å²) in [6.07, 6.45) is 1.45. The molecule has 0 aliphatic rings. The first-order valence-electron chi connectivity index (χ1n) is 8.99. The number of carbonyl (C=O) groups excluding carboxylic acids is 1. The highest BCUT2D eigenvalue weighted by atomic mass is 35.5. The summed E-state index contributed by atoms with van der Waals surface area (Å²) in [6.45, 7) is 4.25. The predicted octanol–water partition coefficient (Wildman–Crippen LogP) is 3.28. The Morgan fingerprint density at radius 2 is 1.97 bits per heavy atom. The van der Waals surface area contributed by atoms with Crippen LogP contribution in [0.4, 0.5) is 10.1 Å². The molecule has 0 spiro atoms. The van der Waals surface area contributed by atoms with Crippen LogP contribution in [0.2, 0.25) is 5.02 Å². The van der Waals surface area contributed by atoms with Crippen molar-refractivity contribution in [3.8, 4) is 0 Å². The van der Waals surface area contributed by atoms with Crippen molar-refractivity contribution in [2.45, 2.75) is 23.9 Å². The van der Waals surface area contributed by atoms with Crippen LogP contribution in [0.15, 0.2) is 46.6 Å². The quantitative estimate of drug-likeness (QED) is 0.506. The minimum atomic E-state index is -3.64. The van der Waals surface area contributed by atoms with Crippen molar-refractivity contribution in [1.29, 1.82) is 0 Å². The van der Waals surface area contributed by atoms with Crippen LogP contribution in [-0.4, -0.2) is 52.1 Å². The summed E-state index contributed by atoms with van der Waals surface area (Å²) in [5, 5.41) is 10.9. The van der Waals surface area contributed by atoms with Crippen LogP contribution in [0.25, 0.3) is 5.65 Å². The van der Waals surface area contributed by atoms with Crippen LogP contribution < -0.4 is 5.32 Å². The molecule has 0 atom stereocenters. The van der Waals surface area contributed by atoms with Crippen LogP contribution in [0.5, 0.6) is 0 Å². The van der Waals surface area contributed by atoms with E-state index in [0.29, 0.717) is 29.6 Å². The minimum absolute atomic E-state index is 0.0111. The monoisotopic (exact) mass is 471 g/mol. The molecule has 0 radical (unpaired) electrons. The highest BCUT2D eigenvalue weighted by Crippen LogP contribution is 2.23. The number of nitrogens with one attached hydrogen (secondary N) is 1. The Morgan fingerprint density at radius 1 is 1.23 bits per heavy atom. The molecule has 0 bridgehead atoms. The topological polar surface area (TPSA) is 96.7 Å². The van der Waals surface area contributed by atoms with Gasteiger partial charge < -0.3 is 5.32 Å². The molecule has 30 heavy (non-hydrogen) atoms. The van der Waals surface area contributed by atoms with E-state index in [1.54, 1.807) is 19.9 Å². The zero-order valence-corrected chi connectivity index (χ0v) is 18.6. The van der Waals surface area contributed by atoms with Gasteiger partial charge in [0, 0.05) is 25.0 Å². The van der Waals surface area contributed by atoms with Crippen molar-refractivity contribution in [2.75, 3.05) is 24.2 Å². The number of hydrogen-bond acceptors (Lipinski definition) is 6. The van der Waals surface area contributed by atoms with Crippen molar-refractivity contribution >= 4 is 50.6 Å². The van der Waals surface area contributed by atoms with Crippen LogP contribution in [0.3, 0.4) is 0 Å². The van der Waals surface area contributed by atoms with Gasteiger partial charge in [-0.3, -0.25) is 9.20 Å². The Hall–Kier alpha value is -2.21. The van der Waals surface area contributed by atoms with Crippen molar-refractivity contribution < 1.29 is 17.6 Å². The summed E-state index contributed by atoms with van der Waals surface area (Å²) in [6, 6.07) is 6.93. The average Bonchev–Trinajstić information content (AvgIpc) is 3.12. The second-order valence-electron chi connectivity index (χ2n) is 6.13. The van der Waals surface area contributed by atoms with Gasteiger partial charge in [-0.15, -0.1) is 10.2 Å². The van der Waals surface area contributed by atoms with Gasteiger partial charge in [0.15, 0.2) is 10.8 Å². The maximum atomic E-state index is 13.2. The van der Waals surface area contributed by atoms with Gasteiger partial charge in [-0.1, -0.05) is 37.2 Å². The number of anilines is 1. The molecule has 1 N–H and O–H groups in total. The molecule has 3 aromatic rings. The number of aromatic nitrogens is 3. The number of nitrogens with zero attached hydrogens (tertiary/aromatic N) is 4. The third-order valence-corrected chi connectivity index (χ3v) is 7.49. The van der Waals surface area contributed by atoms with Gasteiger partial charge in [-0.05, 0) is 30.3 Å². The van der Waals surface area contributed by atoms with E-state index in [0.717, 1.165) is 17.8 Å². The maximum Gasteiger partial charge on any atom is 0.244 e. The second-order valence-corrected chi connectivity index (χ2v) is 9.42. The van der Waals surface area contributed by atoms with Gasteiger partial charge in [0.1, 0.15) is 5.82 Å². The molecule has 0 saturated carbocycles. The number of rotatable bonds is 8. The molecule has 160 valence electrons. The van der Waals surface area contributed by atoms with E-state index >= 15 is 0 Å². The predicted molar refractivity (Wildman–Crippen MR) is 114 cm³/mol. The molecule has 0 saturated heterocycles. The third kappa shape index (κ3) is 4.75. The molecule has 2 heterocycles. The van der Waals surface area contributed by atoms with E-state index in [2.05, 4.69) is 15.5 Å². The number of fused-ring (bicyclic) bond motifs is 1. The number of thioether (sulfide) groups is 1. The smallest absolute Gasteiger partial charge is 0.244 e. The number of halogens is 2. The summed E-state index contributed by atoms with van der Waals surface area (Å²) in [5.41, 5.74) is 0.826. The zero-order chi connectivity index (χ0) is 21.9. The Bertz CT molecular complexity index is 1180. The Morgan fingerprint density at radius 3 is 2.63 bits per heavy atom. The Labute approximate surface area is 182 Å². The molecule has 1 amide bonds. The molecule has 8 nitrogen and oxygen atoms in total. The molecule has 12 heteroatoms. The van der Waals surface area contributed by atoms with Crippen LogP contribution in [0.1, 0.15) is 13.8 Å². The van der Waals surface area contributed by atoms with E-state index in [-0.39, 0.29) is 21.6 Å². The zero-order valence-electron chi connectivity index (χ0n) is 16.2. The third-order valence-electron chi connectivity index (χ3n) is 4.22. The first-order valence-corrected chi connectivity index (χ1v) is 11.8. The van der Waals surface area contributed by atoms with Gasteiger partial charge in [-0.25, -0.2) is 12.8 Å². The Balaban J connectivity index is 1.76.